The normalized spacial score (nSPS) is 14.5. The van der Waals surface area contributed by atoms with Gasteiger partial charge in [0.05, 0.1) is 23.3 Å². The second-order valence-corrected chi connectivity index (χ2v) is 7.08. The van der Waals surface area contributed by atoms with Gasteiger partial charge >= 0.3 is 5.91 Å². The lowest BCUT2D eigenvalue weighted by Gasteiger charge is -2.25. The molecule has 4 rings (SSSR count). The van der Waals surface area contributed by atoms with Gasteiger partial charge in [0.25, 0.3) is 0 Å². The molecule has 1 aliphatic heterocycles. The molecule has 0 aliphatic carbocycles. The number of para-hydroxylation sites is 1. The highest BCUT2D eigenvalue weighted by atomic mass is 35.5. The summed E-state index contributed by atoms with van der Waals surface area (Å²) in [7, 11) is 0. The summed E-state index contributed by atoms with van der Waals surface area (Å²) in [6.07, 6.45) is 1.68. The molecule has 0 saturated carbocycles. The van der Waals surface area contributed by atoms with Gasteiger partial charge in [-0.1, -0.05) is 29.3 Å². The predicted octanol–water partition coefficient (Wildman–Crippen LogP) is 2.19. The summed E-state index contributed by atoms with van der Waals surface area (Å²) in [5.41, 5.74) is 7.24. The molecule has 28 heavy (non-hydrogen) atoms. The van der Waals surface area contributed by atoms with Crippen molar-refractivity contribution in [3.05, 3.63) is 45.7 Å². The fourth-order valence-corrected chi connectivity index (χ4v) is 3.52. The van der Waals surface area contributed by atoms with Gasteiger partial charge in [0.2, 0.25) is 11.9 Å². The maximum absolute atomic E-state index is 13.0. The lowest BCUT2D eigenvalue weighted by Crippen LogP contribution is -2.37. The van der Waals surface area contributed by atoms with E-state index in [2.05, 4.69) is 15.2 Å². The Labute approximate surface area is 170 Å². The molecule has 11 heteroatoms. The van der Waals surface area contributed by atoms with Crippen molar-refractivity contribution in [3.63, 3.8) is 0 Å². The van der Waals surface area contributed by atoms with Gasteiger partial charge in [-0.2, -0.15) is 14.8 Å². The van der Waals surface area contributed by atoms with Crippen molar-refractivity contribution in [1.29, 1.82) is 0 Å². The monoisotopic (exact) mass is 421 g/mol. The van der Waals surface area contributed by atoms with Gasteiger partial charge in [-0.3, -0.25) is 4.79 Å². The maximum Gasteiger partial charge on any atom is 0.302 e. The molecule has 2 aromatic heterocycles. The Hall–Kier alpha value is -2.62. The number of benzene rings is 1. The molecule has 0 bridgehead atoms. The fraction of sp³-hybridized carbons (Fsp3) is 0.294. The molecule has 9 nitrogen and oxygen atoms in total. The zero-order valence-electron chi connectivity index (χ0n) is 15.0. The predicted molar refractivity (Wildman–Crippen MR) is 106 cm³/mol. The van der Waals surface area contributed by atoms with Gasteiger partial charge in [0.1, 0.15) is 5.69 Å². The van der Waals surface area contributed by atoms with Crippen LogP contribution in [0.15, 0.2) is 24.4 Å². The molecule has 0 unspecified atom stereocenters. The zero-order chi connectivity index (χ0) is 19.8. The van der Waals surface area contributed by atoms with Gasteiger partial charge in [0, 0.05) is 24.8 Å². The highest BCUT2D eigenvalue weighted by Crippen LogP contribution is 2.28. The number of nitrogen functional groups attached to an aromatic ring is 1. The quantitative estimate of drug-likeness (QED) is 0.690. The van der Waals surface area contributed by atoms with Crippen LogP contribution in [0.2, 0.25) is 10.0 Å². The first-order valence-corrected chi connectivity index (χ1v) is 9.32. The third kappa shape index (κ3) is 3.32. The standard InChI is InChI=1S/C17H17Cl2N7O2/c1-10-9-25(14-11(18)3-2-4-12(14)19)22-13(10)15(27)26-16(20)21-17(23-26)24-5-7-28-8-6-24/h2-4,9H,5-8H2,1H3,(H2,20,21,23). The molecule has 3 heterocycles. The third-order valence-corrected chi connectivity index (χ3v) is 4.98. The minimum atomic E-state index is -0.482. The number of carbonyl (C=O) groups is 1. The average molecular weight is 422 g/mol. The zero-order valence-corrected chi connectivity index (χ0v) is 16.5. The van der Waals surface area contributed by atoms with E-state index in [1.807, 2.05) is 4.90 Å². The molecular formula is C17H17Cl2N7O2. The van der Waals surface area contributed by atoms with Crippen LogP contribution in [-0.2, 0) is 4.74 Å². The van der Waals surface area contributed by atoms with Crippen molar-refractivity contribution >= 4 is 41.0 Å². The number of aromatic nitrogens is 5. The maximum atomic E-state index is 13.0. The smallest absolute Gasteiger partial charge is 0.302 e. The SMILES string of the molecule is Cc1cn(-c2c(Cl)cccc2Cl)nc1C(=O)n1nc(N2CCOCC2)nc1N. The molecule has 1 aliphatic rings. The van der Waals surface area contributed by atoms with Crippen LogP contribution < -0.4 is 10.6 Å². The summed E-state index contributed by atoms with van der Waals surface area (Å²) in [5, 5.41) is 9.47. The topological polar surface area (TPSA) is 104 Å². The molecule has 1 saturated heterocycles. The summed E-state index contributed by atoms with van der Waals surface area (Å²) < 4.78 is 7.85. The number of nitrogens with two attached hydrogens (primary N) is 1. The molecule has 0 spiro atoms. The van der Waals surface area contributed by atoms with E-state index in [1.165, 1.54) is 4.68 Å². The van der Waals surface area contributed by atoms with E-state index in [0.29, 0.717) is 53.5 Å². The van der Waals surface area contributed by atoms with Crippen molar-refractivity contribution in [1.82, 2.24) is 24.5 Å². The van der Waals surface area contributed by atoms with Crippen LogP contribution in [0.4, 0.5) is 11.9 Å². The molecule has 1 fully saturated rings. The minimum absolute atomic E-state index is 0.00350. The third-order valence-electron chi connectivity index (χ3n) is 4.37. The fourth-order valence-electron chi connectivity index (χ4n) is 2.95. The minimum Gasteiger partial charge on any atom is -0.378 e. The Kier molecular flexibility index (Phi) is 4.96. The number of ether oxygens (including phenoxy) is 1. The summed E-state index contributed by atoms with van der Waals surface area (Å²) in [6.45, 7) is 4.18. The van der Waals surface area contributed by atoms with Crippen LogP contribution in [0.3, 0.4) is 0 Å². The summed E-state index contributed by atoms with van der Waals surface area (Å²) >= 11 is 12.5. The number of morpholine rings is 1. The average Bonchev–Trinajstić information content (AvgIpc) is 3.25. The largest absolute Gasteiger partial charge is 0.378 e. The first kappa shape index (κ1) is 18.7. The summed E-state index contributed by atoms with van der Waals surface area (Å²) in [4.78, 5) is 19.1. The van der Waals surface area contributed by atoms with Gasteiger partial charge in [-0.15, -0.1) is 5.10 Å². The first-order chi connectivity index (χ1) is 13.5. The summed E-state index contributed by atoms with van der Waals surface area (Å²) in [6, 6.07) is 5.14. The molecule has 146 valence electrons. The molecule has 0 amide bonds. The van der Waals surface area contributed by atoms with E-state index >= 15 is 0 Å². The van der Waals surface area contributed by atoms with E-state index in [1.54, 1.807) is 31.3 Å². The van der Waals surface area contributed by atoms with E-state index in [9.17, 15) is 4.79 Å². The highest BCUT2D eigenvalue weighted by molar-refractivity contribution is 6.37. The number of aryl methyl sites for hydroxylation is 1. The molecule has 1 aromatic carbocycles. The lowest BCUT2D eigenvalue weighted by atomic mass is 10.2. The van der Waals surface area contributed by atoms with Crippen molar-refractivity contribution in [2.45, 2.75) is 6.92 Å². The number of nitrogens with zero attached hydrogens (tertiary/aromatic N) is 6. The molecular weight excluding hydrogens is 405 g/mol. The Morgan fingerprint density at radius 3 is 2.54 bits per heavy atom. The van der Waals surface area contributed by atoms with E-state index < -0.39 is 5.91 Å². The van der Waals surface area contributed by atoms with Crippen LogP contribution in [0.25, 0.3) is 5.69 Å². The second kappa shape index (κ2) is 7.42. The van der Waals surface area contributed by atoms with Crippen molar-refractivity contribution in [2.75, 3.05) is 36.9 Å². The number of halogens is 2. The van der Waals surface area contributed by atoms with Crippen molar-refractivity contribution < 1.29 is 9.53 Å². The van der Waals surface area contributed by atoms with E-state index in [0.717, 1.165) is 4.68 Å². The van der Waals surface area contributed by atoms with Gasteiger partial charge in [-0.25, -0.2) is 4.68 Å². The van der Waals surface area contributed by atoms with Gasteiger partial charge < -0.3 is 15.4 Å². The van der Waals surface area contributed by atoms with Gasteiger partial charge in [-0.05, 0) is 19.1 Å². The van der Waals surface area contributed by atoms with E-state index in [-0.39, 0.29) is 11.6 Å². The van der Waals surface area contributed by atoms with E-state index in [4.69, 9.17) is 33.7 Å². The molecule has 2 N–H and O–H groups in total. The number of rotatable bonds is 3. The number of anilines is 2. The van der Waals surface area contributed by atoms with Crippen LogP contribution in [0, 0.1) is 6.92 Å². The lowest BCUT2D eigenvalue weighted by molar-refractivity contribution is 0.0941. The second-order valence-electron chi connectivity index (χ2n) is 6.26. The Balaban J connectivity index is 1.68. The number of carbonyl (C=O) groups excluding carboxylic acids is 1. The Morgan fingerprint density at radius 1 is 1.18 bits per heavy atom. The van der Waals surface area contributed by atoms with Crippen LogP contribution in [0.5, 0.6) is 0 Å². The molecule has 0 atom stereocenters. The van der Waals surface area contributed by atoms with Crippen molar-refractivity contribution in [3.8, 4) is 5.69 Å². The summed E-state index contributed by atoms with van der Waals surface area (Å²) in [5.74, 6) is -0.0967. The number of hydrogen-bond acceptors (Lipinski definition) is 7. The van der Waals surface area contributed by atoms with Gasteiger partial charge in [0.15, 0.2) is 5.69 Å². The molecule has 0 radical (unpaired) electrons. The Bertz CT molecular complexity index is 1020. The van der Waals surface area contributed by atoms with Crippen LogP contribution in [-0.4, -0.2) is 56.8 Å². The van der Waals surface area contributed by atoms with Crippen LogP contribution >= 0.6 is 23.2 Å². The first-order valence-electron chi connectivity index (χ1n) is 8.56. The van der Waals surface area contributed by atoms with Crippen molar-refractivity contribution in [2.24, 2.45) is 0 Å². The Morgan fingerprint density at radius 2 is 1.86 bits per heavy atom. The number of hydrogen-bond donors (Lipinski definition) is 1. The highest BCUT2D eigenvalue weighted by Gasteiger charge is 2.24. The van der Waals surface area contributed by atoms with Crippen LogP contribution in [0.1, 0.15) is 16.1 Å². The molecule has 3 aromatic rings.